The SMILES string of the molecule is CCCNC(=O)CN1CCN(C(C)c2nc(-c3cccs3)no2)CC1. The molecule has 1 unspecified atom stereocenters. The molecule has 2 aromatic rings. The molecule has 1 atom stereocenters. The summed E-state index contributed by atoms with van der Waals surface area (Å²) in [7, 11) is 0. The van der Waals surface area contributed by atoms with Gasteiger partial charge in [0.05, 0.1) is 17.5 Å². The zero-order valence-corrected chi connectivity index (χ0v) is 15.6. The Kier molecular flexibility index (Phi) is 6.17. The lowest BCUT2D eigenvalue weighted by molar-refractivity contribution is -0.122. The van der Waals surface area contributed by atoms with Crippen LogP contribution in [0.2, 0.25) is 0 Å². The second-order valence-corrected chi connectivity index (χ2v) is 7.22. The van der Waals surface area contributed by atoms with E-state index < -0.39 is 0 Å². The zero-order chi connectivity index (χ0) is 17.6. The monoisotopic (exact) mass is 363 g/mol. The normalized spacial score (nSPS) is 17.5. The van der Waals surface area contributed by atoms with Crippen LogP contribution in [0.5, 0.6) is 0 Å². The van der Waals surface area contributed by atoms with Gasteiger partial charge in [0.15, 0.2) is 0 Å². The third kappa shape index (κ3) is 4.65. The van der Waals surface area contributed by atoms with Crippen LogP contribution in [0.15, 0.2) is 22.0 Å². The van der Waals surface area contributed by atoms with Crippen LogP contribution in [0, 0.1) is 0 Å². The Balaban J connectivity index is 1.50. The summed E-state index contributed by atoms with van der Waals surface area (Å²) in [4.78, 5) is 21.9. The molecule has 0 aromatic carbocycles. The summed E-state index contributed by atoms with van der Waals surface area (Å²) in [6.07, 6.45) is 0.967. The van der Waals surface area contributed by atoms with Crippen molar-refractivity contribution < 1.29 is 9.32 Å². The van der Waals surface area contributed by atoms with Crippen LogP contribution in [-0.4, -0.2) is 65.1 Å². The van der Waals surface area contributed by atoms with Crippen molar-refractivity contribution in [3.63, 3.8) is 0 Å². The molecular weight excluding hydrogens is 338 g/mol. The number of carbonyl (C=O) groups excluding carboxylic acids is 1. The van der Waals surface area contributed by atoms with E-state index in [2.05, 4.69) is 39.1 Å². The maximum atomic E-state index is 11.8. The summed E-state index contributed by atoms with van der Waals surface area (Å²) in [6, 6.07) is 4.05. The topological polar surface area (TPSA) is 74.5 Å². The highest BCUT2D eigenvalue weighted by Crippen LogP contribution is 2.25. The number of thiophene rings is 1. The van der Waals surface area contributed by atoms with Crippen molar-refractivity contribution in [3.8, 4) is 10.7 Å². The average Bonchev–Trinajstić information content (AvgIpc) is 3.31. The molecule has 1 aliphatic rings. The Labute approximate surface area is 152 Å². The van der Waals surface area contributed by atoms with E-state index in [-0.39, 0.29) is 11.9 Å². The van der Waals surface area contributed by atoms with E-state index >= 15 is 0 Å². The van der Waals surface area contributed by atoms with Gasteiger partial charge >= 0.3 is 0 Å². The second kappa shape index (κ2) is 8.55. The summed E-state index contributed by atoms with van der Waals surface area (Å²) < 4.78 is 5.47. The fraction of sp³-hybridized carbons (Fsp3) is 0.588. The summed E-state index contributed by atoms with van der Waals surface area (Å²) in [5, 5.41) is 9.03. The molecule has 0 saturated carbocycles. The smallest absolute Gasteiger partial charge is 0.244 e. The Morgan fingerprint density at radius 2 is 2.20 bits per heavy atom. The number of rotatable bonds is 7. The maximum absolute atomic E-state index is 11.8. The molecule has 1 aliphatic heterocycles. The number of hydrogen-bond acceptors (Lipinski definition) is 7. The number of carbonyl (C=O) groups is 1. The summed E-state index contributed by atoms with van der Waals surface area (Å²) in [6.45, 7) is 8.89. The van der Waals surface area contributed by atoms with E-state index in [1.165, 1.54) is 0 Å². The first-order chi connectivity index (χ1) is 12.2. The molecule has 1 saturated heterocycles. The lowest BCUT2D eigenvalue weighted by Crippen LogP contribution is -2.50. The first kappa shape index (κ1) is 18.0. The number of nitrogens with zero attached hydrogens (tertiary/aromatic N) is 4. The largest absolute Gasteiger partial charge is 0.355 e. The minimum absolute atomic E-state index is 0.0808. The van der Waals surface area contributed by atoms with Gasteiger partial charge in [-0.15, -0.1) is 11.3 Å². The Hall–Kier alpha value is -1.77. The Morgan fingerprint density at radius 3 is 2.88 bits per heavy atom. The lowest BCUT2D eigenvalue weighted by Gasteiger charge is -2.36. The number of hydrogen-bond donors (Lipinski definition) is 1. The van der Waals surface area contributed by atoms with Crippen LogP contribution in [0.3, 0.4) is 0 Å². The first-order valence-electron chi connectivity index (χ1n) is 8.78. The fourth-order valence-electron chi connectivity index (χ4n) is 2.90. The molecule has 1 amide bonds. The van der Waals surface area contributed by atoms with Crippen LogP contribution >= 0.6 is 11.3 Å². The predicted molar refractivity (Wildman–Crippen MR) is 97.3 cm³/mol. The zero-order valence-electron chi connectivity index (χ0n) is 14.8. The van der Waals surface area contributed by atoms with Gasteiger partial charge in [-0.25, -0.2) is 0 Å². The molecule has 136 valence electrons. The molecule has 8 heteroatoms. The molecule has 0 aliphatic carbocycles. The van der Waals surface area contributed by atoms with E-state index in [4.69, 9.17) is 4.52 Å². The second-order valence-electron chi connectivity index (χ2n) is 6.27. The van der Waals surface area contributed by atoms with Crippen molar-refractivity contribution in [1.29, 1.82) is 0 Å². The van der Waals surface area contributed by atoms with Crippen LogP contribution < -0.4 is 5.32 Å². The van der Waals surface area contributed by atoms with Gasteiger partial charge in [0.2, 0.25) is 17.6 Å². The van der Waals surface area contributed by atoms with Crippen molar-refractivity contribution in [2.45, 2.75) is 26.3 Å². The summed E-state index contributed by atoms with van der Waals surface area (Å²) in [5.41, 5.74) is 0. The van der Waals surface area contributed by atoms with E-state index in [0.717, 1.165) is 44.0 Å². The molecular formula is C17H25N5O2S. The maximum Gasteiger partial charge on any atom is 0.244 e. The molecule has 1 fully saturated rings. The van der Waals surface area contributed by atoms with Crippen LogP contribution in [0.1, 0.15) is 32.2 Å². The molecule has 3 rings (SSSR count). The van der Waals surface area contributed by atoms with E-state index in [9.17, 15) is 4.79 Å². The average molecular weight is 363 g/mol. The van der Waals surface area contributed by atoms with E-state index in [1.807, 2.05) is 17.5 Å². The van der Waals surface area contributed by atoms with Gasteiger partial charge in [-0.3, -0.25) is 14.6 Å². The quantitative estimate of drug-likeness (QED) is 0.811. The van der Waals surface area contributed by atoms with Gasteiger partial charge in [0.1, 0.15) is 0 Å². The minimum Gasteiger partial charge on any atom is -0.355 e. The highest BCUT2D eigenvalue weighted by Gasteiger charge is 2.26. The Morgan fingerprint density at radius 1 is 1.40 bits per heavy atom. The van der Waals surface area contributed by atoms with Gasteiger partial charge in [0.25, 0.3) is 0 Å². The molecule has 0 radical (unpaired) electrons. The van der Waals surface area contributed by atoms with Gasteiger partial charge in [-0.2, -0.15) is 4.98 Å². The number of piperazine rings is 1. The molecule has 3 heterocycles. The third-order valence-corrected chi connectivity index (χ3v) is 5.30. The summed E-state index contributed by atoms with van der Waals surface area (Å²) in [5.74, 6) is 1.42. The van der Waals surface area contributed by atoms with Gasteiger partial charge in [-0.1, -0.05) is 18.1 Å². The van der Waals surface area contributed by atoms with Crippen molar-refractivity contribution in [3.05, 3.63) is 23.4 Å². The van der Waals surface area contributed by atoms with Crippen LogP contribution in [-0.2, 0) is 4.79 Å². The molecule has 25 heavy (non-hydrogen) atoms. The van der Waals surface area contributed by atoms with Gasteiger partial charge in [-0.05, 0) is 24.8 Å². The van der Waals surface area contributed by atoms with E-state index in [0.29, 0.717) is 18.3 Å². The molecule has 0 bridgehead atoms. The van der Waals surface area contributed by atoms with Crippen molar-refractivity contribution in [1.82, 2.24) is 25.3 Å². The number of aromatic nitrogens is 2. The minimum atomic E-state index is 0.0808. The van der Waals surface area contributed by atoms with Gasteiger partial charge < -0.3 is 9.84 Å². The number of nitrogens with one attached hydrogen (secondary N) is 1. The summed E-state index contributed by atoms with van der Waals surface area (Å²) >= 11 is 1.60. The highest BCUT2D eigenvalue weighted by molar-refractivity contribution is 7.13. The lowest BCUT2D eigenvalue weighted by atomic mass is 10.2. The molecule has 7 nitrogen and oxygen atoms in total. The highest BCUT2D eigenvalue weighted by atomic mass is 32.1. The predicted octanol–water partition coefficient (Wildman–Crippen LogP) is 2.00. The third-order valence-electron chi connectivity index (χ3n) is 4.43. The fourth-order valence-corrected chi connectivity index (χ4v) is 3.55. The van der Waals surface area contributed by atoms with Gasteiger partial charge in [0, 0.05) is 32.7 Å². The van der Waals surface area contributed by atoms with E-state index in [1.54, 1.807) is 11.3 Å². The van der Waals surface area contributed by atoms with Crippen molar-refractivity contribution >= 4 is 17.2 Å². The standard InChI is InChI=1S/C17H25N5O2S/c1-3-6-18-15(23)12-21-7-9-22(10-8-21)13(2)17-19-16(20-24-17)14-5-4-11-25-14/h4-5,11,13H,3,6-10,12H2,1-2H3,(H,18,23). The Bertz CT molecular complexity index is 664. The first-order valence-corrected chi connectivity index (χ1v) is 9.66. The van der Waals surface area contributed by atoms with Crippen molar-refractivity contribution in [2.75, 3.05) is 39.3 Å². The van der Waals surface area contributed by atoms with Crippen LogP contribution in [0.4, 0.5) is 0 Å². The van der Waals surface area contributed by atoms with Crippen LogP contribution in [0.25, 0.3) is 10.7 Å². The number of amides is 1. The molecule has 2 aromatic heterocycles. The molecule has 0 spiro atoms. The van der Waals surface area contributed by atoms with Crippen molar-refractivity contribution in [2.24, 2.45) is 0 Å². The molecule has 1 N–H and O–H groups in total.